The van der Waals surface area contributed by atoms with Crippen molar-refractivity contribution in [2.75, 3.05) is 0 Å². The largest absolute Gasteiger partial charge is 0.353 e. The van der Waals surface area contributed by atoms with Crippen LogP contribution in [0.5, 0.6) is 0 Å². The molecule has 14 heavy (non-hydrogen) atoms. The van der Waals surface area contributed by atoms with E-state index in [0.717, 1.165) is 6.42 Å². The smallest absolute Gasteiger partial charge is 0.217 e. The van der Waals surface area contributed by atoms with Crippen LogP contribution in [-0.2, 0) is 4.79 Å². The van der Waals surface area contributed by atoms with Crippen LogP contribution in [0.3, 0.4) is 0 Å². The number of carbonyl (C=O) groups is 1. The van der Waals surface area contributed by atoms with Crippen LogP contribution >= 0.6 is 0 Å². The van der Waals surface area contributed by atoms with Gasteiger partial charge in [0.15, 0.2) is 0 Å². The number of rotatable bonds is 1. The molecule has 0 aromatic rings. The van der Waals surface area contributed by atoms with Crippen molar-refractivity contribution in [3.05, 3.63) is 0 Å². The van der Waals surface area contributed by atoms with Crippen molar-refractivity contribution in [2.45, 2.75) is 59.4 Å². The molecule has 1 aliphatic rings. The summed E-state index contributed by atoms with van der Waals surface area (Å²) in [4.78, 5) is 11.1. The van der Waals surface area contributed by atoms with Crippen molar-refractivity contribution < 1.29 is 4.79 Å². The summed E-state index contributed by atoms with van der Waals surface area (Å²) in [6.07, 6.45) is 4.99. The van der Waals surface area contributed by atoms with Crippen LogP contribution in [0.25, 0.3) is 0 Å². The van der Waals surface area contributed by atoms with Crippen molar-refractivity contribution in [1.82, 2.24) is 5.32 Å². The number of nitrogens with one attached hydrogen (secondary N) is 1. The molecule has 1 fully saturated rings. The van der Waals surface area contributed by atoms with E-state index in [9.17, 15) is 4.79 Å². The summed E-state index contributed by atoms with van der Waals surface area (Å²) in [6, 6.07) is 0.404. The molecule has 1 N–H and O–H groups in total. The number of hydrogen-bond acceptors (Lipinski definition) is 1. The van der Waals surface area contributed by atoms with Crippen LogP contribution in [0, 0.1) is 11.3 Å². The zero-order valence-electron chi connectivity index (χ0n) is 9.89. The molecule has 2 atom stereocenters. The standard InChI is InChI=1S/C12H23NO/c1-9(14)13-11-8-6-5-7-10(11)12(2,3)4/h10-11H,5-8H2,1-4H3,(H,13,14)/t10-,11-/m0/s1. The van der Waals surface area contributed by atoms with E-state index in [1.54, 1.807) is 6.92 Å². The fourth-order valence-electron chi connectivity index (χ4n) is 2.60. The molecule has 0 saturated heterocycles. The van der Waals surface area contributed by atoms with E-state index in [4.69, 9.17) is 0 Å². The van der Waals surface area contributed by atoms with E-state index in [0.29, 0.717) is 17.4 Å². The molecule has 82 valence electrons. The topological polar surface area (TPSA) is 29.1 Å². The Hall–Kier alpha value is -0.530. The second-order valence-corrected chi connectivity index (χ2v) is 5.56. The van der Waals surface area contributed by atoms with Gasteiger partial charge in [-0.05, 0) is 24.2 Å². The van der Waals surface area contributed by atoms with Gasteiger partial charge in [-0.1, -0.05) is 33.6 Å². The highest BCUT2D eigenvalue weighted by Crippen LogP contribution is 2.37. The number of carbonyl (C=O) groups excluding carboxylic acids is 1. The first-order valence-corrected chi connectivity index (χ1v) is 5.68. The van der Waals surface area contributed by atoms with Crippen LogP contribution in [0.2, 0.25) is 0 Å². The van der Waals surface area contributed by atoms with Gasteiger partial charge in [0.2, 0.25) is 5.91 Å². The molecule has 0 aliphatic heterocycles. The van der Waals surface area contributed by atoms with Crippen molar-refractivity contribution in [1.29, 1.82) is 0 Å². The molecule has 0 aromatic heterocycles. The van der Waals surface area contributed by atoms with Gasteiger partial charge in [-0.15, -0.1) is 0 Å². The van der Waals surface area contributed by atoms with Crippen LogP contribution < -0.4 is 5.32 Å². The van der Waals surface area contributed by atoms with Gasteiger partial charge in [0.25, 0.3) is 0 Å². The van der Waals surface area contributed by atoms with Gasteiger partial charge in [-0.3, -0.25) is 4.79 Å². The average molecular weight is 197 g/mol. The normalized spacial score (nSPS) is 28.6. The van der Waals surface area contributed by atoms with Crippen molar-refractivity contribution in [3.8, 4) is 0 Å². The summed E-state index contributed by atoms with van der Waals surface area (Å²) in [5.41, 5.74) is 0.313. The maximum atomic E-state index is 11.1. The lowest BCUT2D eigenvalue weighted by molar-refractivity contribution is -0.120. The molecule has 0 radical (unpaired) electrons. The Morgan fingerprint density at radius 2 is 1.79 bits per heavy atom. The number of hydrogen-bond donors (Lipinski definition) is 1. The highest BCUT2D eigenvalue weighted by atomic mass is 16.1. The Labute approximate surface area is 87.5 Å². The first-order valence-electron chi connectivity index (χ1n) is 5.68. The first kappa shape index (κ1) is 11.5. The third-order valence-corrected chi connectivity index (χ3v) is 3.27. The van der Waals surface area contributed by atoms with E-state index < -0.39 is 0 Å². The van der Waals surface area contributed by atoms with Gasteiger partial charge in [0, 0.05) is 13.0 Å². The molecule has 1 amide bonds. The minimum Gasteiger partial charge on any atom is -0.353 e. The summed E-state index contributed by atoms with van der Waals surface area (Å²) in [6.45, 7) is 8.45. The van der Waals surface area contributed by atoms with Crippen LogP contribution in [0.1, 0.15) is 53.4 Å². The van der Waals surface area contributed by atoms with Crippen molar-refractivity contribution in [2.24, 2.45) is 11.3 Å². The van der Waals surface area contributed by atoms with Crippen molar-refractivity contribution in [3.63, 3.8) is 0 Å². The molecule has 0 heterocycles. The minimum atomic E-state index is 0.117. The summed E-state index contributed by atoms with van der Waals surface area (Å²) in [5, 5.41) is 3.10. The Kier molecular flexibility index (Phi) is 3.57. The Morgan fingerprint density at radius 1 is 1.21 bits per heavy atom. The number of amides is 1. The third-order valence-electron chi connectivity index (χ3n) is 3.27. The molecule has 0 bridgehead atoms. The van der Waals surface area contributed by atoms with Crippen LogP contribution in [0.15, 0.2) is 0 Å². The predicted octanol–water partition coefficient (Wildman–Crippen LogP) is 2.73. The zero-order valence-corrected chi connectivity index (χ0v) is 9.89. The molecule has 1 saturated carbocycles. The maximum absolute atomic E-state index is 11.1. The summed E-state index contributed by atoms with van der Waals surface area (Å²) in [7, 11) is 0. The highest BCUT2D eigenvalue weighted by Gasteiger charge is 2.34. The fourth-order valence-corrected chi connectivity index (χ4v) is 2.60. The lowest BCUT2D eigenvalue weighted by atomic mass is 9.69. The Morgan fingerprint density at radius 3 is 2.29 bits per heavy atom. The first-order chi connectivity index (χ1) is 6.41. The molecule has 0 aromatic carbocycles. The van der Waals surface area contributed by atoms with E-state index in [-0.39, 0.29) is 5.91 Å². The average Bonchev–Trinajstić information content (AvgIpc) is 2.01. The second kappa shape index (κ2) is 4.33. The molecule has 1 aliphatic carbocycles. The van der Waals surface area contributed by atoms with Crippen molar-refractivity contribution >= 4 is 5.91 Å². The van der Waals surface area contributed by atoms with Crippen LogP contribution in [-0.4, -0.2) is 11.9 Å². The van der Waals surface area contributed by atoms with Gasteiger partial charge in [0.05, 0.1) is 0 Å². The van der Waals surface area contributed by atoms with Gasteiger partial charge in [-0.25, -0.2) is 0 Å². The predicted molar refractivity (Wildman–Crippen MR) is 59.0 cm³/mol. The molecule has 2 nitrogen and oxygen atoms in total. The van der Waals surface area contributed by atoms with E-state index in [2.05, 4.69) is 26.1 Å². The maximum Gasteiger partial charge on any atom is 0.217 e. The van der Waals surface area contributed by atoms with Gasteiger partial charge < -0.3 is 5.32 Å². The van der Waals surface area contributed by atoms with Gasteiger partial charge in [0.1, 0.15) is 0 Å². The second-order valence-electron chi connectivity index (χ2n) is 5.56. The molecule has 0 spiro atoms. The SMILES string of the molecule is CC(=O)N[C@H]1CCCC[C@@H]1C(C)(C)C. The monoisotopic (exact) mass is 197 g/mol. The third kappa shape index (κ3) is 3.00. The van der Waals surface area contributed by atoms with E-state index in [1.165, 1.54) is 19.3 Å². The molecule has 1 rings (SSSR count). The molecular formula is C12H23NO. The minimum absolute atomic E-state index is 0.117. The van der Waals surface area contributed by atoms with E-state index in [1.807, 2.05) is 0 Å². The van der Waals surface area contributed by atoms with Crippen LogP contribution in [0.4, 0.5) is 0 Å². The van der Waals surface area contributed by atoms with Gasteiger partial charge in [-0.2, -0.15) is 0 Å². The lowest BCUT2D eigenvalue weighted by Crippen LogP contribution is -2.45. The zero-order chi connectivity index (χ0) is 10.8. The fraction of sp³-hybridized carbons (Fsp3) is 0.917. The summed E-state index contributed by atoms with van der Waals surface area (Å²) >= 11 is 0. The highest BCUT2D eigenvalue weighted by molar-refractivity contribution is 5.73. The summed E-state index contributed by atoms with van der Waals surface area (Å²) in [5.74, 6) is 0.756. The van der Waals surface area contributed by atoms with Gasteiger partial charge >= 0.3 is 0 Å². The molecule has 0 unspecified atom stereocenters. The Balaban J connectivity index is 2.64. The molecular weight excluding hydrogens is 174 g/mol. The Bertz CT molecular complexity index is 205. The molecule has 2 heteroatoms. The quantitative estimate of drug-likeness (QED) is 0.688. The van der Waals surface area contributed by atoms with E-state index >= 15 is 0 Å². The summed E-state index contributed by atoms with van der Waals surface area (Å²) < 4.78 is 0. The lowest BCUT2D eigenvalue weighted by Gasteiger charge is -2.40.